The van der Waals surface area contributed by atoms with Gasteiger partial charge in [-0.3, -0.25) is 4.72 Å². The van der Waals surface area contributed by atoms with Crippen molar-refractivity contribution in [2.24, 2.45) is 0 Å². The molecule has 21 heavy (non-hydrogen) atoms. The molecule has 1 N–H and O–H groups in total. The molecule has 2 aromatic rings. The van der Waals surface area contributed by atoms with Gasteiger partial charge in [0.1, 0.15) is 22.2 Å². The second-order valence-electron chi connectivity index (χ2n) is 3.98. The monoisotopic (exact) mass is 328 g/mol. The summed E-state index contributed by atoms with van der Waals surface area (Å²) < 4.78 is 37.2. The summed E-state index contributed by atoms with van der Waals surface area (Å²) in [7, 11) is -0.986. The number of rotatable bonds is 5. The lowest BCUT2D eigenvalue weighted by Crippen LogP contribution is -2.15. The van der Waals surface area contributed by atoms with E-state index in [1.54, 1.807) is 6.07 Å². The number of hydrogen-bond acceptors (Lipinski definition) is 5. The van der Waals surface area contributed by atoms with Crippen LogP contribution in [0.3, 0.4) is 0 Å². The maximum Gasteiger partial charge on any atom is 0.266 e. The molecule has 0 saturated carbocycles. The molecule has 0 atom stereocenters. The number of nitrogens with one attached hydrogen (secondary N) is 1. The van der Waals surface area contributed by atoms with Gasteiger partial charge in [0.05, 0.1) is 14.2 Å². The predicted molar refractivity (Wildman–Crippen MR) is 79.6 cm³/mol. The predicted octanol–water partition coefficient (Wildman–Crippen LogP) is 2.55. The SMILES string of the molecule is COc1ccc(S(=O)(=O)Nc2cc(Cl)ccn2)c(OC)c1. The molecule has 0 fully saturated rings. The highest BCUT2D eigenvalue weighted by molar-refractivity contribution is 7.92. The third-order valence-electron chi connectivity index (χ3n) is 2.62. The Morgan fingerprint density at radius 2 is 1.90 bits per heavy atom. The van der Waals surface area contributed by atoms with Crippen LogP contribution < -0.4 is 14.2 Å². The lowest BCUT2D eigenvalue weighted by Gasteiger charge is -2.12. The Bertz CT molecular complexity index is 750. The van der Waals surface area contributed by atoms with Crippen LogP contribution in [0, 0.1) is 0 Å². The maximum atomic E-state index is 12.4. The van der Waals surface area contributed by atoms with Crippen molar-refractivity contribution in [3.63, 3.8) is 0 Å². The van der Waals surface area contributed by atoms with Gasteiger partial charge in [-0.05, 0) is 18.2 Å². The van der Waals surface area contributed by atoms with Crippen molar-refractivity contribution >= 4 is 27.4 Å². The van der Waals surface area contributed by atoms with Gasteiger partial charge in [0.25, 0.3) is 10.0 Å². The van der Waals surface area contributed by atoms with E-state index in [2.05, 4.69) is 9.71 Å². The molecule has 0 bridgehead atoms. The quantitative estimate of drug-likeness (QED) is 0.912. The summed E-state index contributed by atoms with van der Waals surface area (Å²) in [6, 6.07) is 7.37. The number of halogens is 1. The first-order valence-electron chi connectivity index (χ1n) is 5.82. The Morgan fingerprint density at radius 1 is 1.14 bits per heavy atom. The fourth-order valence-corrected chi connectivity index (χ4v) is 2.96. The smallest absolute Gasteiger partial charge is 0.266 e. The number of ether oxygens (including phenoxy) is 2. The molecular weight excluding hydrogens is 316 g/mol. The van der Waals surface area contributed by atoms with E-state index in [9.17, 15) is 8.42 Å². The van der Waals surface area contributed by atoms with Crippen LogP contribution in [0.25, 0.3) is 0 Å². The van der Waals surface area contributed by atoms with Crippen molar-refractivity contribution in [1.82, 2.24) is 4.98 Å². The Labute approximate surface area is 127 Å². The topological polar surface area (TPSA) is 77.5 Å². The van der Waals surface area contributed by atoms with Crippen LogP contribution in [0.4, 0.5) is 5.82 Å². The van der Waals surface area contributed by atoms with Crippen molar-refractivity contribution < 1.29 is 17.9 Å². The lowest BCUT2D eigenvalue weighted by atomic mass is 10.3. The Kier molecular flexibility index (Phi) is 4.54. The number of hydrogen-bond donors (Lipinski definition) is 1. The van der Waals surface area contributed by atoms with Crippen LogP contribution in [-0.4, -0.2) is 27.6 Å². The molecule has 0 unspecified atom stereocenters. The fraction of sp³-hybridized carbons (Fsp3) is 0.154. The summed E-state index contributed by atoms with van der Waals surface area (Å²) in [6.45, 7) is 0. The number of pyridine rings is 1. The minimum absolute atomic E-state index is 0.0208. The van der Waals surface area contributed by atoms with Crippen molar-refractivity contribution in [2.45, 2.75) is 4.90 Å². The van der Waals surface area contributed by atoms with Gasteiger partial charge in [-0.15, -0.1) is 0 Å². The van der Waals surface area contributed by atoms with Crippen LogP contribution in [0.1, 0.15) is 0 Å². The molecule has 1 aromatic heterocycles. The van der Waals surface area contributed by atoms with E-state index < -0.39 is 10.0 Å². The third-order valence-corrected chi connectivity index (χ3v) is 4.25. The van der Waals surface area contributed by atoms with Crippen molar-refractivity contribution in [2.75, 3.05) is 18.9 Å². The summed E-state index contributed by atoms with van der Waals surface area (Å²) in [5, 5.41) is 0.379. The van der Waals surface area contributed by atoms with Gasteiger partial charge < -0.3 is 9.47 Å². The van der Waals surface area contributed by atoms with Gasteiger partial charge in [-0.25, -0.2) is 13.4 Å². The first-order valence-corrected chi connectivity index (χ1v) is 7.69. The summed E-state index contributed by atoms with van der Waals surface area (Å²) in [5.74, 6) is 0.788. The highest BCUT2D eigenvalue weighted by atomic mass is 35.5. The van der Waals surface area contributed by atoms with Crippen molar-refractivity contribution in [3.8, 4) is 11.5 Å². The molecule has 1 heterocycles. The Morgan fingerprint density at radius 3 is 2.52 bits per heavy atom. The van der Waals surface area contributed by atoms with E-state index in [1.807, 2.05) is 0 Å². The first kappa shape index (κ1) is 15.4. The van der Waals surface area contributed by atoms with Gasteiger partial charge in [-0.2, -0.15) is 0 Å². The number of anilines is 1. The second-order valence-corrected chi connectivity index (χ2v) is 6.07. The molecule has 112 valence electrons. The second kappa shape index (κ2) is 6.19. The van der Waals surface area contributed by atoms with Crippen molar-refractivity contribution in [3.05, 3.63) is 41.6 Å². The van der Waals surface area contributed by atoms with Gasteiger partial charge in [-0.1, -0.05) is 11.6 Å². The summed E-state index contributed by atoms with van der Waals surface area (Å²) >= 11 is 5.80. The minimum atomic E-state index is -3.85. The Hall–Kier alpha value is -1.99. The number of benzene rings is 1. The minimum Gasteiger partial charge on any atom is -0.497 e. The molecule has 0 aliphatic rings. The molecule has 0 saturated heterocycles. The third kappa shape index (κ3) is 3.56. The summed E-state index contributed by atoms with van der Waals surface area (Å²) in [5.41, 5.74) is 0. The van der Waals surface area contributed by atoms with E-state index in [0.717, 1.165) is 0 Å². The molecule has 6 nitrogen and oxygen atoms in total. The molecule has 2 rings (SSSR count). The summed E-state index contributed by atoms with van der Waals surface area (Å²) in [6.07, 6.45) is 1.41. The van der Waals surface area contributed by atoms with Crippen LogP contribution in [0.2, 0.25) is 5.02 Å². The number of aromatic nitrogens is 1. The molecule has 8 heteroatoms. The van der Waals surface area contributed by atoms with Gasteiger partial charge >= 0.3 is 0 Å². The van der Waals surface area contributed by atoms with E-state index in [1.165, 1.54) is 44.7 Å². The molecule has 0 aliphatic carbocycles. The maximum absolute atomic E-state index is 12.4. The van der Waals surface area contributed by atoms with E-state index >= 15 is 0 Å². The zero-order valence-electron chi connectivity index (χ0n) is 11.3. The van der Waals surface area contributed by atoms with Crippen LogP contribution >= 0.6 is 11.6 Å². The normalized spacial score (nSPS) is 11.0. The molecular formula is C13H13ClN2O4S. The zero-order valence-corrected chi connectivity index (χ0v) is 12.9. The van der Waals surface area contributed by atoms with E-state index in [0.29, 0.717) is 10.8 Å². The number of sulfonamides is 1. The standard InChI is InChI=1S/C13H13ClN2O4S/c1-19-10-3-4-12(11(8-10)20-2)21(17,18)16-13-7-9(14)5-6-15-13/h3-8H,1-2H3,(H,15,16). The van der Waals surface area contributed by atoms with Gasteiger partial charge in [0.15, 0.2) is 0 Å². The average Bonchev–Trinajstić information content (AvgIpc) is 2.46. The molecule has 0 aliphatic heterocycles. The lowest BCUT2D eigenvalue weighted by molar-refractivity contribution is 0.386. The molecule has 0 spiro atoms. The van der Waals surface area contributed by atoms with Crippen LogP contribution in [-0.2, 0) is 10.0 Å². The average molecular weight is 329 g/mol. The number of nitrogens with zero attached hydrogens (tertiary/aromatic N) is 1. The highest BCUT2D eigenvalue weighted by Gasteiger charge is 2.20. The first-order chi connectivity index (χ1) is 9.96. The largest absolute Gasteiger partial charge is 0.497 e. The van der Waals surface area contributed by atoms with Gasteiger partial charge in [0, 0.05) is 23.4 Å². The fourth-order valence-electron chi connectivity index (χ4n) is 1.65. The Balaban J connectivity index is 2.40. The molecule has 0 radical (unpaired) electrons. The summed E-state index contributed by atoms with van der Waals surface area (Å²) in [4.78, 5) is 3.88. The number of methoxy groups -OCH3 is 2. The zero-order chi connectivity index (χ0) is 15.5. The van der Waals surface area contributed by atoms with Crippen molar-refractivity contribution in [1.29, 1.82) is 0 Å². The highest BCUT2D eigenvalue weighted by Crippen LogP contribution is 2.29. The molecule has 0 amide bonds. The van der Waals surface area contributed by atoms with Crippen LogP contribution in [0.15, 0.2) is 41.4 Å². The van der Waals surface area contributed by atoms with E-state index in [4.69, 9.17) is 21.1 Å². The van der Waals surface area contributed by atoms with Crippen LogP contribution in [0.5, 0.6) is 11.5 Å². The molecule has 1 aromatic carbocycles. The van der Waals surface area contributed by atoms with E-state index in [-0.39, 0.29) is 16.5 Å². The van der Waals surface area contributed by atoms with Gasteiger partial charge in [0.2, 0.25) is 0 Å².